The lowest BCUT2D eigenvalue weighted by atomic mass is 10.3. The minimum Gasteiger partial charge on any atom is -0.348 e. The van der Waals surface area contributed by atoms with Gasteiger partial charge in [0.2, 0.25) is 0 Å². The summed E-state index contributed by atoms with van der Waals surface area (Å²) in [5, 5.41) is 0. The molecule has 3 heteroatoms. The van der Waals surface area contributed by atoms with Gasteiger partial charge in [-0.1, -0.05) is 20.8 Å². The molecule has 1 heterocycles. The van der Waals surface area contributed by atoms with E-state index in [0.717, 1.165) is 11.6 Å². The molecule has 0 saturated heterocycles. The Bertz CT molecular complexity index is 198. The highest BCUT2D eigenvalue weighted by Gasteiger charge is 2.10. The third-order valence-electron chi connectivity index (χ3n) is 1.20. The van der Waals surface area contributed by atoms with E-state index >= 15 is 0 Å². The van der Waals surface area contributed by atoms with Gasteiger partial charge >= 0.3 is 0 Å². The van der Waals surface area contributed by atoms with Crippen LogP contribution < -0.4 is 0 Å². The lowest BCUT2D eigenvalue weighted by molar-refractivity contribution is 0.800. The maximum Gasteiger partial charge on any atom is 0.116 e. The number of H-pyrrole nitrogens is 1. The molecule has 62 valence electrons. The average Bonchev–Trinajstić information content (AvgIpc) is 2.32. The van der Waals surface area contributed by atoms with E-state index in [0.29, 0.717) is 4.75 Å². The molecule has 1 rings (SSSR count). The lowest BCUT2D eigenvalue weighted by Gasteiger charge is -2.16. The summed E-state index contributed by atoms with van der Waals surface area (Å²) in [6.45, 7) is 6.63. The van der Waals surface area contributed by atoms with E-state index in [9.17, 15) is 0 Å². The number of thioether (sulfide) groups is 1. The standard InChI is InChI=1S/C8H14N2S/c1-8(2,3)11-6-7-9-4-5-10-7/h4-5H,6H2,1-3H3,(H,9,10). The number of imidazole rings is 1. The normalized spacial score (nSPS) is 11.9. The van der Waals surface area contributed by atoms with Crippen molar-refractivity contribution in [3.63, 3.8) is 0 Å². The van der Waals surface area contributed by atoms with Gasteiger partial charge in [0.15, 0.2) is 0 Å². The Morgan fingerprint density at radius 3 is 2.73 bits per heavy atom. The van der Waals surface area contributed by atoms with E-state index in [2.05, 4.69) is 30.7 Å². The molecule has 0 aliphatic carbocycles. The van der Waals surface area contributed by atoms with E-state index < -0.39 is 0 Å². The van der Waals surface area contributed by atoms with Crippen LogP contribution >= 0.6 is 11.8 Å². The molecule has 2 nitrogen and oxygen atoms in total. The van der Waals surface area contributed by atoms with Crippen molar-refractivity contribution in [2.24, 2.45) is 0 Å². The molecule has 0 aromatic carbocycles. The molecule has 1 aromatic rings. The first-order valence-electron chi connectivity index (χ1n) is 3.70. The molecule has 0 saturated carbocycles. The number of hydrogen-bond donors (Lipinski definition) is 1. The zero-order chi connectivity index (χ0) is 8.32. The molecule has 11 heavy (non-hydrogen) atoms. The lowest BCUT2D eigenvalue weighted by Crippen LogP contribution is -2.07. The smallest absolute Gasteiger partial charge is 0.116 e. The molecule has 0 aliphatic rings. The molecule has 0 unspecified atom stereocenters. The second-order valence-electron chi connectivity index (χ2n) is 3.44. The van der Waals surface area contributed by atoms with Crippen LogP contribution in [0.1, 0.15) is 26.6 Å². The van der Waals surface area contributed by atoms with Crippen molar-refractivity contribution in [1.29, 1.82) is 0 Å². The fraction of sp³-hybridized carbons (Fsp3) is 0.625. The predicted molar refractivity (Wildman–Crippen MR) is 49.6 cm³/mol. The number of rotatable bonds is 2. The molecular formula is C8H14N2S. The summed E-state index contributed by atoms with van der Waals surface area (Å²) in [6.07, 6.45) is 3.65. The summed E-state index contributed by atoms with van der Waals surface area (Å²) in [7, 11) is 0. The molecule has 0 spiro atoms. The maximum atomic E-state index is 4.14. The number of nitrogens with zero attached hydrogens (tertiary/aromatic N) is 1. The van der Waals surface area contributed by atoms with Gasteiger partial charge in [-0.3, -0.25) is 0 Å². The van der Waals surface area contributed by atoms with Crippen molar-refractivity contribution in [2.75, 3.05) is 0 Å². The van der Waals surface area contributed by atoms with Crippen LogP contribution in [-0.2, 0) is 5.75 Å². The molecule has 1 N–H and O–H groups in total. The zero-order valence-electron chi connectivity index (χ0n) is 7.22. The fourth-order valence-corrected chi connectivity index (χ4v) is 1.39. The molecule has 1 aromatic heterocycles. The summed E-state index contributed by atoms with van der Waals surface area (Å²) in [5.41, 5.74) is 0. The molecular weight excluding hydrogens is 156 g/mol. The van der Waals surface area contributed by atoms with Crippen molar-refractivity contribution in [3.05, 3.63) is 18.2 Å². The largest absolute Gasteiger partial charge is 0.348 e. The molecule has 0 fully saturated rings. The first-order valence-corrected chi connectivity index (χ1v) is 4.69. The van der Waals surface area contributed by atoms with Crippen LogP contribution in [0.4, 0.5) is 0 Å². The molecule has 0 atom stereocenters. The predicted octanol–water partition coefficient (Wildman–Crippen LogP) is 2.44. The van der Waals surface area contributed by atoms with Crippen molar-refractivity contribution in [1.82, 2.24) is 9.97 Å². The highest BCUT2D eigenvalue weighted by molar-refractivity contribution is 7.99. The molecule has 0 aliphatic heterocycles. The SMILES string of the molecule is CC(C)(C)SCc1ncc[nH]1. The van der Waals surface area contributed by atoms with Gasteiger partial charge in [0.05, 0.1) is 5.75 Å². The summed E-state index contributed by atoms with van der Waals surface area (Å²) >= 11 is 1.90. The number of nitrogens with one attached hydrogen (secondary N) is 1. The van der Waals surface area contributed by atoms with Crippen molar-refractivity contribution < 1.29 is 0 Å². The van der Waals surface area contributed by atoms with E-state index in [4.69, 9.17) is 0 Å². The van der Waals surface area contributed by atoms with Gasteiger partial charge in [-0.2, -0.15) is 0 Å². The summed E-state index contributed by atoms with van der Waals surface area (Å²) in [5.74, 6) is 2.03. The van der Waals surface area contributed by atoms with E-state index in [1.165, 1.54) is 0 Å². The van der Waals surface area contributed by atoms with Crippen LogP contribution in [0.5, 0.6) is 0 Å². The van der Waals surface area contributed by atoms with Crippen LogP contribution in [0.2, 0.25) is 0 Å². The minimum absolute atomic E-state index is 0.326. The van der Waals surface area contributed by atoms with Gasteiger partial charge in [-0.25, -0.2) is 4.98 Å². The van der Waals surface area contributed by atoms with Crippen LogP contribution in [0, 0.1) is 0 Å². The number of aromatic amines is 1. The average molecular weight is 170 g/mol. The van der Waals surface area contributed by atoms with Crippen LogP contribution in [0.25, 0.3) is 0 Å². The summed E-state index contributed by atoms with van der Waals surface area (Å²) < 4.78 is 0.326. The Hall–Kier alpha value is -0.440. The van der Waals surface area contributed by atoms with Crippen molar-refractivity contribution in [2.45, 2.75) is 31.3 Å². The Labute approximate surface area is 71.8 Å². The van der Waals surface area contributed by atoms with Crippen LogP contribution in [0.15, 0.2) is 12.4 Å². The van der Waals surface area contributed by atoms with E-state index in [1.807, 2.05) is 18.0 Å². The second-order valence-corrected chi connectivity index (χ2v) is 5.24. The highest BCUT2D eigenvalue weighted by Crippen LogP contribution is 2.25. The van der Waals surface area contributed by atoms with Gasteiger partial charge in [0, 0.05) is 17.1 Å². The number of hydrogen-bond acceptors (Lipinski definition) is 2. The van der Waals surface area contributed by atoms with Gasteiger partial charge < -0.3 is 4.98 Å². The van der Waals surface area contributed by atoms with Gasteiger partial charge in [0.25, 0.3) is 0 Å². The second kappa shape index (κ2) is 3.30. The number of aromatic nitrogens is 2. The van der Waals surface area contributed by atoms with E-state index in [-0.39, 0.29) is 0 Å². The quantitative estimate of drug-likeness (QED) is 0.738. The topological polar surface area (TPSA) is 28.7 Å². The van der Waals surface area contributed by atoms with Gasteiger partial charge in [-0.15, -0.1) is 11.8 Å². The van der Waals surface area contributed by atoms with Crippen LogP contribution in [0.3, 0.4) is 0 Å². The van der Waals surface area contributed by atoms with E-state index in [1.54, 1.807) is 6.20 Å². The van der Waals surface area contributed by atoms with Gasteiger partial charge in [0.1, 0.15) is 5.82 Å². The van der Waals surface area contributed by atoms with Gasteiger partial charge in [-0.05, 0) is 0 Å². The summed E-state index contributed by atoms with van der Waals surface area (Å²) in [6, 6.07) is 0. The maximum absolute atomic E-state index is 4.14. The molecule has 0 bridgehead atoms. The Morgan fingerprint density at radius 2 is 2.27 bits per heavy atom. The van der Waals surface area contributed by atoms with Crippen LogP contribution in [-0.4, -0.2) is 14.7 Å². The highest BCUT2D eigenvalue weighted by atomic mass is 32.2. The Morgan fingerprint density at radius 1 is 1.55 bits per heavy atom. The Balaban J connectivity index is 2.35. The first kappa shape index (κ1) is 8.65. The van der Waals surface area contributed by atoms with Crippen molar-refractivity contribution >= 4 is 11.8 Å². The fourth-order valence-electron chi connectivity index (χ4n) is 0.662. The Kier molecular flexibility index (Phi) is 2.60. The molecule has 0 amide bonds. The first-order chi connectivity index (χ1) is 5.08. The molecule has 0 radical (unpaired) electrons. The third kappa shape index (κ3) is 3.46. The minimum atomic E-state index is 0.326. The zero-order valence-corrected chi connectivity index (χ0v) is 8.03. The monoisotopic (exact) mass is 170 g/mol. The summed E-state index contributed by atoms with van der Waals surface area (Å²) in [4.78, 5) is 7.22. The third-order valence-corrected chi connectivity index (χ3v) is 2.48. The van der Waals surface area contributed by atoms with Crippen molar-refractivity contribution in [3.8, 4) is 0 Å².